The molecule has 1 aromatic heterocycles. The van der Waals surface area contributed by atoms with Crippen molar-refractivity contribution in [3.05, 3.63) is 82.1 Å². The molecule has 0 amide bonds. The number of carboxylic acids is 1. The lowest BCUT2D eigenvalue weighted by Crippen LogP contribution is -2.53. The molecule has 1 saturated heterocycles. The Morgan fingerprint density at radius 3 is 2.69 bits per heavy atom. The molecule has 2 heterocycles. The van der Waals surface area contributed by atoms with Gasteiger partial charge < -0.3 is 24.6 Å². The van der Waals surface area contributed by atoms with Crippen molar-refractivity contribution in [3.8, 4) is 11.5 Å². The summed E-state index contributed by atoms with van der Waals surface area (Å²) in [6.45, 7) is 11.7. The first kappa shape index (κ1) is 36.0. The fourth-order valence-electron chi connectivity index (χ4n) is 9.57. The summed E-state index contributed by atoms with van der Waals surface area (Å²) in [5, 5.41) is 14.7. The lowest BCUT2D eigenvalue weighted by molar-refractivity contribution is -0.144. The Morgan fingerprint density at radius 2 is 1.92 bits per heavy atom. The van der Waals surface area contributed by atoms with Gasteiger partial charge in [-0.1, -0.05) is 37.6 Å². The van der Waals surface area contributed by atoms with Crippen LogP contribution < -0.4 is 14.8 Å². The third kappa shape index (κ3) is 7.74. The number of halogens is 1. The first-order valence-corrected chi connectivity index (χ1v) is 19.5. The maximum absolute atomic E-state index is 13.0. The van der Waals surface area contributed by atoms with E-state index in [4.69, 9.17) is 25.8 Å². The van der Waals surface area contributed by atoms with E-state index in [0.29, 0.717) is 42.2 Å². The second kappa shape index (κ2) is 15.3. The zero-order valence-corrected chi connectivity index (χ0v) is 31.2. The number of hydrogen-bond acceptors (Lipinski definition) is 7. The van der Waals surface area contributed by atoms with Crippen LogP contribution in [-0.4, -0.2) is 72.1 Å². The van der Waals surface area contributed by atoms with Crippen molar-refractivity contribution in [3.63, 3.8) is 0 Å². The molecule has 0 bridgehead atoms. The SMILES string of the molecule is C[C@@H](COc1ccnc2c1[C@H](C)CCC2)C[C@H]1Cc2ccc(O[C@@H](C)CN3CCOCC3)cc2C12CCC(Nc1cccc(Cl)c1)(C(=O)O)CC2. The molecule has 4 atom stereocenters. The van der Waals surface area contributed by atoms with Gasteiger partial charge in [0.25, 0.3) is 0 Å². The molecule has 8 nitrogen and oxygen atoms in total. The van der Waals surface area contributed by atoms with Gasteiger partial charge in [-0.05, 0) is 135 Å². The van der Waals surface area contributed by atoms with Crippen molar-refractivity contribution < 1.29 is 24.1 Å². The second-order valence-electron chi connectivity index (χ2n) is 15.9. The molecule has 51 heavy (non-hydrogen) atoms. The number of aliphatic carboxylic acids is 1. The highest BCUT2D eigenvalue weighted by molar-refractivity contribution is 6.30. The van der Waals surface area contributed by atoms with Gasteiger partial charge in [-0.3, -0.25) is 9.88 Å². The maximum Gasteiger partial charge on any atom is 0.329 e. The number of pyridine rings is 1. The minimum Gasteiger partial charge on any atom is -0.493 e. The number of hydrogen-bond donors (Lipinski definition) is 2. The topological polar surface area (TPSA) is 93.2 Å². The van der Waals surface area contributed by atoms with E-state index in [2.05, 4.69) is 54.2 Å². The molecule has 274 valence electrons. The number of benzene rings is 2. The number of morpholine rings is 1. The Hall–Kier alpha value is -3.33. The molecule has 0 radical (unpaired) electrons. The van der Waals surface area contributed by atoms with Crippen LogP contribution in [0.15, 0.2) is 54.7 Å². The van der Waals surface area contributed by atoms with Crippen LogP contribution in [0.3, 0.4) is 0 Å². The summed E-state index contributed by atoms with van der Waals surface area (Å²) in [5.41, 5.74) is 4.73. The normalized spacial score (nSPS) is 27.3. The van der Waals surface area contributed by atoms with Gasteiger partial charge in [0.1, 0.15) is 23.1 Å². The van der Waals surface area contributed by atoms with E-state index in [-0.39, 0.29) is 11.5 Å². The number of nitrogens with zero attached hydrogens (tertiary/aromatic N) is 2. The zero-order chi connectivity index (χ0) is 35.6. The van der Waals surface area contributed by atoms with Gasteiger partial charge in [-0.25, -0.2) is 4.79 Å². The minimum atomic E-state index is -1.06. The Bertz CT molecular complexity index is 1680. The van der Waals surface area contributed by atoms with Crippen LogP contribution in [0.25, 0.3) is 0 Å². The molecule has 0 unspecified atom stereocenters. The number of aromatic nitrogens is 1. The van der Waals surface area contributed by atoms with Crippen molar-refractivity contribution in [1.29, 1.82) is 0 Å². The van der Waals surface area contributed by atoms with E-state index < -0.39 is 11.5 Å². The standard InChI is InChI=1S/C42H54ClN3O5/c1-28(27-50-38-12-17-44-37-9-4-6-29(2)39(37)38)22-32-23-31-10-11-35(51-30(3)26-46-18-20-49-21-19-46)25-36(31)41(32)13-15-42(16-14-41,40(47)48)45-34-8-5-7-33(43)24-34/h5,7-8,10-12,17,24-25,28-30,32,45H,4,6,9,13-16,18-23,26-27H2,1-3H3,(H,47,48)/t28-,29-,30+,32+,41?,42?/m1/s1. The largest absolute Gasteiger partial charge is 0.493 e. The molecule has 3 aromatic rings. The van der Waals surface area contributed by atoms with Gasteiger partial charge in [-0.2, -0.15) is 0 Å². The molecule has 1 spiro atoms. The van der Waals surface area contributed by atoms with Gasteiger partial charge in [0.2, 0.25) is 0 Å². The number of carbonyl (C=O) groups is 1. The highest BCUT2D eigenvalue weighted by Crippen LogP contribution is 2.57. The number of ether oxygens (including phenoxy) is 3. The molecule has 2 fully saturated rings. The summed E-state index contributed by atoms with van der Waals surface area (Å²) in [6, 6.07) is 16.1. The Balaban J connectivity index is 1.11. The Morgan fingerprint density at radius 1 is 1.12 bits per heavy atom. The molecule has 2 aromatic carbocycles. The third-order valence-electron chi connectivity index (χ3n) is 12.2. The molecule has 3 aliphatic carbocycles. The van der Waals surface area contributed by atoms with Gasteiger partial charge in [-0.15, -0.1) is 0 Å². The van der Waals surface area contributed by atoms with Crippen molar-refractivity contribution >= 4 is 23.3 Å². The average molecular weight is 716 g/mol. The Labute approximate surface area is 308 Å². The predicted octanol–water partition coefficient (Wildman–Crippen LogP) is 8.30. The zero-order valence-electron chi connectivity index (χ0n) is 30.5. The highest BCUT2D eigenvalue weighted by atomic mass is 35.5. The average Bonchev–Trinajstić information content (AvgIpc) is 3.40. The molecular weight excluding hydrogens is 662 g/mol. The lowest BCUT2D eigenvalue weighted by Gasteiger charge is -2.47. The number of anilines is 1. The second-order valence-corrected chi connectivity index (χ2v) is 16.3. The van der Waals surface area contributed by atoms with E-state index >= 15 is 0 Å². The predicted molar refractivity (Wildman–Crippen MR) is 201 cm³/mol. The summed E-state index contributed by atoms with van der Waals surface area (Å²) < 4.78 is 18.7. The summed E-state index contributed by atoms with van der Waals surface area (Å²) in [7, 11) is 0. The van der Waals surface area contributed by atoms with E-state index in [1.165, 1.54) is 35.2 Å². The van der Waals surface area contributed by atoms with Gasteiger partial charge >= 0.3 is 5.97 Å². The van der Waals surface area contributed by atoms with Crippen molar-refractivity contribution in [2.45, 2.75) is 102 Å². The van der Waals surface area contributed by atoms with Gasteiger partial charge in [0.15, 0.2) is 0 Å². The molecule has 2 N–H and O–H groups in total. The molecule has 1 saturated carbocycles. The molecule has 7 rings (SSSR count). The van der Waals surface area contributed by atoms with Crippen LogP contribution in [0.5, 0.6) is 11.5 Å². The quantitative estimate of drug-likeness (QED) is 0.194. The van der Waals surface area contributed by atoms with Gasteiger partial charge in [0.05, 0.1) is 19.8 Å². The number of carboxylic acid groups (broad SMARTS) is 1. The fourth-order valence-corrected chi connectivity index (χ4v) is 9.76. The van der Waals surface area contributed by atoms with Crippen molar-refractivity contribution in [1.82, 2.24) is 9.88 Å². The minimum absolute atomic E-state index is 0.0426. The van der Waals surface area contributed by atoms with Gasteiger partial charge in [0, 0.05) is 47.8 Å². The molecule has 4 aliphatic rings. The number of rotatable bonds is 12. The van der Waals surface area contributed by atoms with Crippen LogP contribution in [0.2, 0.25) is 5.02 Å². The number of fused-ring (bicyclic) bond motifs is 3. The van der Waals surface area contributed by atoms with Crippen molar-refractivity contribution in [2.75, 3.05) is 44.8 Å². The fraction of sp³-hybridized carbons (Fsp3) is 0.571. The summed E-state index contributed by atoms with van der Waals surface area (Å²) >= 11 is 6.30. The van der Waals surface area contributed by atoms with Crippen LogP contribution in [0.4, 0.5) is 5.69 Å². The first-order valence-electron chi connectivity index (χ1n) is 19.1. The monoisotopic (exact) mass is 715 g/mol. The number of aryl methyl sites for hydroxylation is 1. The van der Waals surface area contributed by atoms with E-state index in [9.17, 15) is 9.90 Å². The smallest absolute Gasteiger partial charge is 0.329 e. The lowest BCUT2D eigenvalue weighted by atomic mass is 9.59. The number of nitrogens with one attached hydrogen (secondary N) is 1. The summed E-state index contributed by atoms with van der Waals surface area (Å²) in [4.78, 5) is 20.1. The van der Waals surface area contributed by atoms with Crippen LogP contribution in [0, 0.1) is 11.8 Å². The molecule has 1 aliphatic heterocycles. The molecule has 9 heteroatoms. The van der Waals surface area contributed by atoms with E-state index in [0.717, 1.165) is 82.1 Å². The van der Waals surface area contributed by atoms with E-state index in [1.807, 2.05) is 36.5 Å². The summed E-state index contributed by atoms with van der Waals surface area (Å²) in [6.07, 6.45) is 9.91. The van der Waals surface area contributed by atoms with Crippen molar-refractivity contribution in [2.24, 2.45) is 11.8 Å². The molecular formula is C42H54ClN3O5. The van der Waals surface area contributed by atoms with E-state index in [1.54, 1.807) is 0 Å². The summed E-state index contributed by atoms with van der Waals surface area (Å²) in [5.74, 6) is 2.24. The van der Waals surface area contributed by atoms with Crippen LogP contribution in [0.1, 0.15) is 94.0 Å². The third-order valence-corrected chi connectivity index (χ3v) is 12.5. The van der Waals surface area contributed by atoms with Crippen LogP contribution >= 0.6 is 11.6 Å². The van der Waals surface area contributed by atoms with Crippen LogP contribution in [-0.2, 0) is 27.8 Å². The maximum atomic E-state index is 13.0. The Kier molecular flexibility index (Phi) is 10.8. The highest BCUT2D eigenvalue weighted by Gasteiger charge is 2.54. The first-order chi connectivity index (χ1) is 24.6.